The van der Waals surface area contributed by atoms with Gasteiger partial charge in [-0.3, -0.25) is 18.6 Å². The van der Waals surface area contributed by atoms with Gasteiger partial charge in [-0.1, -0.05) is 11.6 Å². The molecule has 28 nitrogen and oxygen atoms in total. The molecule has 12 N–H and O–H groups in total. The first kappa shape index (κ1) is 51.5. The molecular formula is C34H54N6O22P2. The van der Waals surface area contributed by atoms with Crippen molar-refractivity contribution >= 4 is 44.5 Å². The second kappa shape index (κ2) is 23.8. The van der Waals surface area contributed by atoms with Crippen molar-refractivity contribution in [1.82, 2.24) is 25.2 Å². The number of ether oxygens (including phenoxy) is 7. The minimum Gasteiger partial charge on any atom is -0.449 e. The highest BCUT2D eigenvalue weighted by molar-refractivity contribution is 7.61. The number of fused-ring (bicyclic) bond motifs is 1. The van der Waals surface area contributed by atoms with Gasteiger partial charge in [0.25, 0.3) is 5.56 Å². The van der Waals surface area contributed by atoms with Gasteiger partial charge in [-0.05, 0) is 6.92 Å². The number of hydrogen-bond acceptors (Lipinski definition) is 22. The summed E-state index contributed by atoms with van der Waals surface area (Å²) < 4.78 is 77.6. The Kier molecular flexibility index (Phi) is 19.2. The predicted molar refractivity (Wildman–Crippen MR) is 213 cm³/mol. The molecule has 5 rings (SSSR count). The van der Waals surface area contributed by atoms with Crippen LogP contribution in [0.1, 0.15) is 19.6 Å². The number of aliphatic hydroxyl groups excluding tert-OH is 5. The first-order valence-electron chi connectivity index (χ1n) is 19.8. The summed E-state index contributed by atoms with van der Waals surface area (Å²) in [5.74, 6) is -0.384. The molecule has 4 heterocycles. The monoisotopic (exact) mass is 960 g/mol. The number of nitrogens with one attached hydrogen (secondary N) is 3. The van der Waals surface area contributed by atoms with Crippen LogP contribution in [0.3, 0.4) is 0 Å². The third-order valence-electron chi connectivity index (χ3n) is 9.66. The van der Waals surface area contributed by atoms with Crippen molar-refractivity contribution in [2.24, 2.45) is 5.92 Å². The van der Waals surface area contributed by atoms with Gasteiger partial charge in [-0.15, -0.1) is 0 Å². The van der Waals surface area contributed by atoms with Gasteiger partial charge in [-0.2, -0.15) is 4.31 Å². The molecule has 8 unspecified atom stereocenters. The summed E-state index contributed by atoms with van der Waals surface area (Å²) in [6.07, 6.45) is -13.8. The van der Waals surface area contributed by atoms with Crippen LogP contribution in [0, 0.1) is 5.92 Å². The fourth-order valence-corrected chi connectivity index (χ4v) is 8.28. The highest BCUT2D eigenvalue weighted by atomic mass is 31.3. The Balaban J connectivity index is 0.922. The Bertz CT molecular complexity index is 2040. The lowest BCUT2D eigenvalue weighted by Crippen LogP contribution is -2.60. The number of carbonyl (C=O) groups excluding carboxylic acids is 2. The molecule has 0 spiro atoms. The molecule has 362 valence electrons. The molecule has 2 aromatic heterocycles. The number of phosphoric acid groups is 2. The fraction of sp³-hybridized carbons (Fsp3) is 0.706. The fourth-order valence-electron chi connectivity index (χ4n) is 6.13. The molecule has 30 heteroatoms. The van der Waals surface area contributed by atoms with E-state index in [0.29, 0.717) is 39.6 Å². The molecule has 0 radical (unpaired) electrons. The van der Waals surface area contributed by atoms with E-state index in [4.69, 9.17) is 43.4 Å². The van der Waals surface area contributed by atoms with Crippen molar-refractivity contribution in [3.8, 4) is 0 Å². The zero-order valence-electron chi connectivity index (χ0n) is 34.3. The lowest BCUT2D eigenvalue weighted by atomic mass is 9.99. The number of phosphoric ester groups is 2. The van der Waals surface area contributed by atoms with E-state index >= 15 is 0 Å². The Morgan fingerprint density at radius 2 is 1.47 bits per heavy atom. The van der Waals surface area contributed by atoms with Crippen LogP contribution < -0.4 is 21.9 Å². The maximum atomic E-state index is 12.7. The Morgan fingerprint density at radius 1 is 0.844 bits per heavy atom. The summed E-state index contributed by atoms with van der Waals surface area (Å²) >= 11 is 0. The number of carbonyl (C=O) groups is 2. The van der Waals surface area contributed by atoms with E-state index in [2.05, 4.69) is 29.4 Å². The van der Waals surface area contributed by atoms with Gasteiger partial charge < -0.3 is 94.4 Å². The predicted octanol–water partition coefficient (Wildman–Crippen LogP) is -3.14. The van der Waals surface area contributed by atoms with Crippen LogP contribution in [0.25, 0.3) is 11.0 Å². The minimum atomic E-state index is -5.72. The molecule has 0 aromatic carbocycles. The van der Waals surface area contributed by atoms with E-state index in [-0.39, 0.29) is 55.6 Å². The maximum absolute atomic E-state index is 12.7. The van der Waals surface area contributed by atoms with E-state index in [1.807, 2.05) is 13.0 Å². The van der Waals surface area contributed by atoms with Crippen molar-refractivity contribution in [2.75, 3.05) is 84.9 Å². The summed E-state index contributed by atoms with van der Waals surface area (Å²) in [5, 5.41) is 57.2. The Hall–Kier alpha value is -3.48. The number of aromatic amines is 1. The average molecular weight is 961 g/mol. The van der Waals surface area contributed by atoms with Crippen LogP contribution >= 0.6 is 15.6 Å². The van der Waals surface area contributed by atoms with Gasteiger partial charge in [-0.25, -0.2) is 18.9 Å². The molecular weight excluding hydrogens is 906 g/mol. The van der Waals surface area contributed by atoms with Gasteiger partial charge in [0.2, 0.25) is 5.91 Å². The highest BCUT2D eigenvalue weighted by Gasteiger charge is 2.50. The number of aromatic nitrogens is 3. The summed E-state index contributed by atoms with van der Waals surface area (Å²) in [5.41, 5.74) is 6.29. The van der Waals surface area contributed by atoms with E-state index < -0.39 is 102 Å². The second-order valence-electron chi connectivity index (χ2n) is 14.5. The highest BCUT2D eigenvalue weighted by Crippen LogP contribution is 2.61. The molecule has 2 saturated heterocycles. The topological polar surface area (TPSA) is 403 Å². The lowest BCUT2D eigenvalue weighted by Gasteiger charge is -2.40. The standard InChI is InChI=1S/C34H54N6O22P2/c1-18-12-19(18)15-57-34(48)36-3-5-54-7-9-56-11-10-55-8-6-53-4-2-24(41)37-14-21-26(42)28(44)30(46)33(60-21)61-64(51,52)62-63(49,50)58-16-22-27(43)29(45)32(59-22)40-17-38-25-20(40)13-23(35)39-31(25)47/h12-13,17,19,21-22,26-30,32-33,42-46H,2-11,14-16H2,1H3,(H,36,48)(H,37,41)(H,49,50)(H,51,52)(H3,35,39,47)/t19?,21?,22-,26-,27?,28?,29?,30?,32-,33-/m1/s1. The molecule has 0 saturated carbocycles. The minimum absolute atomic E-state index is 0.0326. The number of anilines is 1. The molecule has 2 aromatic rings. The summed E-state index contributed by atoms with van der Waals surface area (Å²) in [6, 6.07) is 1.31. The molecule has 12 atom stereocenters. The normalized spacial score (nSPS) is 28.6. The van der Waals surface area contributed by atoms with Crippen LogP contribution in [0.4, 0.5) is 10.6 Å². The number of nitrogens with zero attached hydrogens (tertiary/aromatic N) is 2. The lowest BCUT2D eigenvalue weighted by molar-refractivity contribution is -0.273. The molecule has 2 fully saturated rings. The van der Waals surface area contributed by atoms with Gasteiger partial charge in [0, 0.05) is 31.5 Å². The van der Waals surface area contributed by atoms with E-state index in [1.54, 1.807) is 0 Å². The van der Waals surface area contributed by atoms with Crippen molar-refractivity contribution < 1.29 is 101 Å². The summed E-state index contributed by atoms with van der Waals surface area (Å²) in [7, 11) is -11.3. The SMILES string of the molecule is CC1=CC1COC(=O)NCCOCCOCCOCCOCCC(=O)NCC1O[C@H](OP(=O)(O)OP(=O)(O)OC[C@H]2O[C@@H](n3cnc4c(=O)[nH]c(N)cc43)C(O)C2O)C(O)C(O)[C@@H]1O. The molecule has 2 aliphatic heterocycles. The first-order chi connectivity index (χ1) is 30.4. The molecule has 2 amide bonds. The van der Waals surface area contributed by atoms with Crippen molar-refractivity contribution in [1.29, 1.82) is 0 Å². The average Bonchev–Trinajstić information content (AvgIpc) is 3.66. The molecule has 64 heavy (non-hydrogen) atoms. The number of rotatable bonds is 27. The number of nitrogen functional groups attached to an aromatic ring is 1. The quantitative estimate of drug-likeness (QED) is 0.0239. The van der Waals surface area contributed by atoms with Gasteiger partial charge in [0.05, 0.1) is 71.3 Å². The van der Waals surface area contributed by atoms with Crippen LogP contribution in [0.2, 0.25) is 0 Å². The number of pyridine rings is 1. The molecule has 0 bridgehead atoms. The second-order valence-corrected chi connectivity index (χ2v) is 17.5. The number of amides is 2. The molecule has 1 aliphatic carbocycles. The van der Waals surface area contributed by atoms with Crippen molar-refractivity contribution in [3.05, 3.63) is 34.4 Å². The van der Waals surface area contributed by atoms with Crippen molar-refractivity contribution in [3.63, 3.8) is 0 Å². The molecule has 3 aliphatic rings. The number of aliphatic hydroxyl groups is 5. The van der Waals surface area contributed by atoms with Crippen molar-refractivity contribution in [2.45, 2.75) is 68.6 Å². The number of hydrogen-bond donors (Lipinski definition) is 11. The third-order valence-corrected chi connectivity index (χ3v) is 12.3. The summed E-state index contributed by atoms with van der Waals surface area (Å²) in [4.78, 5) is 62.8. The van der Waals surface area contributed by atoms with E-state index in [0.717, 1.165) is 6.33 Å². The first-order valence-corrected chi connectivity index (χ1v) is 22.8. The van der Waals surface area contributed by atoms with Crippen LogP contribution in [-0.4, -0.2) is 190 Å². The Morgan fingerprint density at radius 3 is 2.12 bits per heavy atom. The Labute approximate surface area is 363 Å². The summed E-state index contributed by atoms with van der Waals surface area (Å²) in [6.45, 7) is 2.91. The van der Waals surface area contributed by atoms with Crippen LogP contribution in [0.5, 0.6) is 0 Å². The van der Waals surface area contributed by atoms with Gasteiger partial charge in [0.1, 0.15) is 55.2 Å². The number of H-pyrrole nitrogens is 1. The van der Waals surface area contributed by atoms with Crippen LogP contribution in [0.15, 0.2) is 28.8 Å². The number of nitrogens with two attached hydrogens (primary N) is 1. The largest absolute Gasteiger partial charge is 0.483 e. The van der Waals surface area contributed by atoms with E-state index in [9.17, 15) is 58.8 Å². The van der Waals surface area contributed by atoms with Gasteiger partial charge >= 0.3 is 21.7 Å². The zero-order valence-corrected chi connectivity index (χ0v) is 36.1. The smallest absolute Gasteiger partial charge is 0.449 e. The number of alkyl carbamates (subject to hydrolysis) is 1. The number of imidazole rings is 1. The van der Waals surface area contributed by atoms with Gasteiger partial charge in [0.15, 0.2) is 18.0 Å². The maximum Gasteiger partial charge on any atom is 0.483 e. The zero-order chi connectivity index (χ0) is 46.6. The van der Waals surface area contributed by atoms with E-state index in [1.165, 1.54) is 16.2 Å². The van der Waals surface area contributed by atoms with Crippen LogP contribution in [-0.2, 0) is 60.4 Å². The third kappa shape index (κ3) is 15.3.